The van der Waals surface area contributed by atoms with Gasteiger partial charge < -0.3 is 15.4 Å². The average Bonchev–Trinajstić information content (AvgIpc) is 2.29. The van der Waals surface area contributed by atoms with Gasteiger partial charge in [0.1, 0.15) is 11.1 Å². The first-order valence-corrected chi connectivity index (χ1v) is 6.82. The highest BCUT2D eigenvalue weighted by Crippen LogP contribution is 2.09. The first-order chi connectivity index (χ1) is 8.58. The normalized spacial score (nSPS) is 10.0. The lowest BCUT2D eigenvalue weighted by molar-refractivity contribution is -0.125. The molecule has 0 unspecified atom stereocenters. The third-order valence-electron chi connectivity index (χ3n) is 1.61. The van der Waals surface area contributed by atoms with Crippen LogP contribution in [0.2, 0.25) is 0 Å². The minimum Gasteiger partial charge on any atom is -0.444 e. The largest absolute Gasteiger partial charge is 0.444 e. The van der Waals surface area contributed by atoms with E-state index in [1.165, 1.54) is 7.05 Å². The van der Waals surface area contributed by atoms with Crippen LogP contribution in [0.25, 0.3) is 0 Å². The molecule has 0 saturated carbocycles. The molecule has 0 spiro atoms. The van der Waals surface area contributed by atoms with Crippen LogP contribution in [0.5, 0.6) is 0 Å². The van der Waals surface area contributed by atoms with Gasteiger partial charge in [-0.3, -0.25) is 4.79 Å². The van der Waals surface area contributed by atoms with Crippen molar-refractivity contribution in [2.24, 2.45) is 0 Å². The molecule has 0 fully saturated rings. The van der Waals surface area contributed by atoms with Gasteiger partial charge in [-0.1, -0.05) is 27.7 Å². The molecule has 0 atom stereocenters. The lowest BCUT2D eigenvalue weighted by atomic mass is 10.1. The van der Waals surface area contributed by atoms with Gasteiger partial charge >= 0.3 is 6.09 Å². The van der Waals surface area contributed by atoms with Crippen molar-refractivity contribution >= 4 is 12.0 Å². The summed E-state index contributed by atoms with van der Waals surface area (Å²) in [7, 11) is 1.51. The molecule has 0 aromatic heterocycles. The number of alkyl carbamates (subject to hydrolysis) is 1. The van der Waals surface area contributed by atoms with Gasteiger partial charge in [-0.2, -0.15) is 0 Å². The Bertz CT molecular complexity index is 256. The smallest absolute Gasteiger partial charge is 0.408 e. The van der Waals surface area contributed by atoms with E-state index in [1.54, 1.807) is 34.6 Å². The van der Waals surface area contributed by atoms with Crippen molar-refractivity contribution in [3.8, 4) is 0 Å². The fraction of sp³-hybridized carbons (Fsp3) is 0.857. The predicted molar refractivity (Wildman–Crippen MR) is 80.2 cm³/mol. The van der Waals surface area contributed by atoms with Gasteiger partial charge in [-0.15, -0.1) is 0 Å². The van der Waals surface area contributed by atoms with E-state index in [0.717, 1.165) is 0 Å². The molecule has 2 N–H and O–H groups in total. The zero-order valence-electron chi connectivity index (χ0n) is 14.2. The van der Waals surface area contributed by atoms with E-state index in [2.05, 4.69) is 10.6 Å². The first kappa shape index (κ1) is 22.9. The van der Waals surface area contributed by atoms with Crippen LogP contribution in [0.15, 0.2) is 0 Å². The molecule has 0 aliphatic rings. The van der Waals surface area contributed by atoms with Gasteiger partial charge in [-0.05, 0) is 34.6 Å². The average molecular weight is 276 g/mol. The Balaban J connectivity index is -0.000000579. The van der Waals surface area contributed by atoms with Gasteiger partial charge in [0.15, 0.2) is 0 Å². The van der Waals surface area contributed by atoms with Crippen LogP contribution in [-0.4, -0.2) is 30.2 Å². The molecule has 0 heterocycles. The maximum atomic E-state index is 11.4. The summed E-state index contributed by atoms with van der Waals surface area (Å²) in [6.07, 6.45) is -0.601. The molecule has 0 aromatic carbocycles. The van der Waals surface area contributed by atoms with Gasteiger partial charge in [0.25, 0.3) is 0 Å². The van der Waals surface area contributed by atoms with E-state index in [9.17, 15) is 9.59 Å². The van der Waals surface area contributed by atoms with E-state index in [-0.39, 0.29) is 5.91 Å². The monoisotopic (exact) mass is 276 g/mol. The molecule has 5 nitrogen and oxygen atoms in total. The van der Waals surface area contributed by atoms with E-state index in [1.807, 2.05) is 27.7 Å². The fourth-order valence-electron chi connectivity index (χ4n) is 0.928. The highest BCUT2D eigenvalue weighted by Gasteiger charge is 2.30. The molecule has 19 heavy (non-hydrogen) atoms. The summed E-state index contributed by atoms with van der Waals surface area (Å²) in [4.78, 5) is 22.7. The van der Waals surface area contributed by atoms with Crippen molar-refractivity contribution in [1.29, 1.82) is 0 Å². The molecule has 0 radical (unpaired) electrons. The molecular formula is C14H32N2O3. The minimum atomic E-state index is -0.975. The number of nitrogens with one attached hydrogen (secondary N) is 2. The number of ether oxygens (including phenoxy) is 1. The number of carbonyl (C=O) groups excluding carboxylic acids is 2. The first-order valence-electron chi connectivity index (χ1n) is 6.82. The quantitative estimate of drug-likeness (QED) is 0.814. The highest BCUT2D eigenvalue weighted by atomic mass is 16.6. The molecule has 5 heteroatoms. The minimum absolute atomic E-state index is 0.270. The predicted octanol–water partition coefficient (Wildman–Crippen LogP) is 3.09. The summed E-state index contributed by atoms with van der Waals surface area (Å²) in [5, 5.41) is 4.95. The van der Waals surface area contributed by atoms with Gasteiger partial charge in [0, 0.05) is 7.05 Å². The van der Waals surface area contributed by atoms with Gasteiger partial charge in [0.05, 0.1) is 0 Å². The molecule has 0 saturated heterocycles. The van der Waals surface area contributed by atoms with Crippen molar-refractivity contribution in [3.05, 3.63) is 0 Å². The van der Waals surface area contributed by atoms with Gasteiger partial charge in [0.2, 0.25) is 5.91 Å². The van der Waals surface area contributed by atoms with Crippen molar-refractivity contribution in [3.63, 3.8) is 0 Å². The number of carbonyl (C=O) groups is 2. The molecule has 2 amide bonds. The zero-order chi connectivity index (χ0) is 16.3. The zero-order valence-corrected chi connectivity index (χ0v) is 14.2. The van der Waals surface area contributed by atoms with Crippen molar-refractivity contribution in [1.82, 2.24) is 10.6 Å². The van der Waals surface area contributed by atoms with Crippen LogP contribution in [-0.2, 0) is 9.53 Å². The second-order valence-corrected chi connectivity index (χ2v) is 4.83. The lowest BCUT2D eigenvalue weighted by Gasteiger charge is -2.27. The molecule has 0 rings (SSSR count). The summed E-state index contributed by atoms with van der Waals surface area (Å²) in [5.74, 6) is -0.270. The molecule has 0 aromatic rings. The van der Waals surface area contributed by atoms with Crippen LogP contribution in [0, 0.1) is 0 Å². The second-order valence-electron chi connectivity index (χ2n) is 4.83. The number of rotatable bonds is 2. The Labute approximate surface area is 118 Å². The molecule has 0 aliphatic heterocycles. The molecule has 116 valence electrons. The Morgan fingerprint density at radius 1 is 0.895 bits per heavy atom. The second kappa shape index (κ2) is 10.6. The van der Waals surface area contributed by atoms with Crippen LogP contribution >= 0.6 is 0 Å². The summed E-state index contributed by atoms with van der Waals surface area (Å²) in [6, 6.07) is 0. The summed E-state index contributed by atoms with van der Waals surface area (Å²) < 4.78 is 5.04. The lowest BCUT2D eigenvalue weighted by Crippen LogP contribution is -2.54. The number of hydrogen-bond donors (Lipinski definition) is 2. The highest BCUT2D eigenvalue weighted by molar-refractivity contribution is 5.88. The maximum Gasteiger partial charge on any atom is 0.408 e. The van der Waals surface area contributed by atoms with Crippen molar-refractivity contribution in [2.45, 2.75) is 73.5 Å². The van der Waals surface area contributed by atoms with Crippen LogP contribution in [0.3, 0.4) is 0 Å². The van der Waals surface area contributed by atoms with E-state index in [4.69, 9.17) is 4.74 Å². The number of hydrogen-bond acceptors (Lipinski definition) is 3. The van der Waals surface area contributed by atoms with Crippen LogP contribution in [0.1, 0.15) is 62.3 Å². The molecular weight excluding hydrogens is 244 g/mol. The summed E-state index contributed by atoms with van der Waals surface area (Å²) >= 11 is 0. The van der Waals surface area contributed by atoms with Gasteiger partial charge in [-0.25, -0.2) is 4.79 Å². The molecule has 0 aliphatic carbocycles. The Kier molecular flexibility index (Phi) is 12.8. The van der Waals surface area contributed by atoms with Crippen molar-refractivity contribution < 1.29 is 14.3 Å². The van der Waals surface area contributed by atoms with E-state index in [0.29, 0.717) is 0 Å². The topological polar surface area (TPSA) is 67.4 Å². The van der Waals surface area contributed by atoms with Crippen LogP contribution in [0.4, 0.5) is 4.79 Å². The van der Waals surface area contributed by atoms with E-state index < -0.39 is 17.2 Å². The Morgan fingerprint density at radius 2 is 1.26 bits per heavy atom. The maximum absolute atomic E-state index is 11.4. The SMILES string of the molecule is CC.CC.CNC(=O)C(C)(C)NC(=O)OC(C)(C)C. The Morgan fingerprint density at radius 3 is 1.53 bits per heavy atom. The summed E-state index contributed by atoms with van der Waals surface area (Å²) in [5.41, 5.74) is -1.54. The number of likely N-dealkylation sites (N-methyl/N-ethyl adjacent to an activating group) is 1. The summed E-state index contributed by atoms with van der Waals surface area (Å²) in [6.45, 7) is 16.5. The fourth-order valence-corrected chi connectivity index (χ4v) is 0.928. The van der Waals surface area contributed by atoms with Crippen LogP contribution < -0.4 is 10.6 Å². The van der Waals surface area contributed by atoms with Crippen molar-refractivity contribution in [2.75, 3.05) is 7.05 Å². The third-order valence-corrected chi connectivity index (χ3v) is 1.61. The standard InChI is InChI=1S/C10H20N2O3.2C2H6/c1-9(2,3)15-8(14)12-10(4,5)7(13)11-6;2*1-2/h1-6H3,(H,11,13)(H,12,14);2*1-2H3. The van der Waals surface area contributed by atoms with E-state index >= 15 is 0 Å². The molecule has 0 bridgehead atoms. The Hall–Kier alpha value is -1.26. The number of amides is 2. The third kappa shape index (κ3) is 13.0.